The molecule has 2 aliphatic rings. The predicted molar refractivity (Wildman–Crippen MR) is 129 cm³/mol. The highest BCUT2D eigenvalue weighted by molar-refractivity contribution is 6.29. The summed E-state index contributed by atoms with van der Waals surface area (Å²) in [5, 5.41) is 4.62. The summed E-state index contributed by atoms with van der Waals surface area (Å²) in [6.45, 7) is 14.5. The minimum Gasteiger partial charge on any atom is -0.308 e. The lowest BCUT2D eigenvalue weighted by Gasteiger charge is -2.49. The van der Waals surface area contributed by atoms with Crippen LogP contribution in [0.4, 0.5) is 13.2 Å². The molecule has 7 heteroatoms. The number of hydrogen-bond acceptors (Lipinski definition) is 3. The van der Waals surface area contributed by atoms with Gasteiger partial charge in [0.15, 0.2) is 0 Å². The molecule has 0 aromatic carbocycles. The minimum absolute atomic E-state index is 0.246. The number of halogens is 4. The molecule has 3 atom stereocenters. The van der Waals surface area contributed by atoms with Crippen molar-refractivity contribution in [2.45, 2.75) is 79.1 Å². The van der Waals surface area contributed by atoms with Crippen LogP contribution in [-0.4, -0.2) is 35.6 Å². The standard InChI is InChI=1S/C26H39ClF3N3/c1-17(2)23(31-14-20-8-11-24(26(28,29)30)32-18(20)3)15-33-13-12-22(25(4,5)16-33)19-6-9-21(27)10-7-19/h8-9,11,17,19,22-23,31H,6-7,10,12-16H2,1-5H3/t19?,22-,23+/m1/s1. The van der Waals surface area contributed by atoms with Crippen LogP contribution in [0.15, 0.2) is 23.2 Å². The lowest BCUT2D eigenvalue weighted by molar-refractivity contribution is -0.141. The van der Waals surface area contributed by atoms with Gasteiger partial charge in [-0.3, -0.25) is 0 Å². The maximum atomic E-state index is 12.9. The van der Waals surface area contributed by atoms with Gasteiger partial charge in [0.2, 0.25) is 0 Å². The molecule has 1 saturated heterocycles. The molecule has 0 amide bonds. The average Bonchev–Trinajstić information content (AvgIpc) is 2.71. The fraction of sp³-hybridized carbons (Fsp3) is 0.731. The zero-order valence-corrected chi connectivity index (χ0v) is 21.4. The van der Waals surface area contributed by atoms with Crippen molar-refractivity contribution in [3.05, 3.63) is 40.2 Å². The first-order valence-electron chi connectivity index (χ1n) is 12.2. The molecule has 1 aromatic rings. The first-order valence-corrected chi connectivity index (χ1v) is 12.6. The topological polar surface area (TPSA) is 28.2 Å². The molecule has 1 aliphatic carbocycles. The van der Waals surface area contributed by atoms with E-state index in [1.54, 1.807) is 13.0 Å². The zero-order chi connectivity index (χ0) is 24.4. The lowest BCUT2D eigenvalue weighted by atomic mass is 9.65. The Morgan fingerprint density at radius 1 is 1.24 bits per heavy atom. The monoisotopic (exact) mass is 485 g/mol. The molecule has 3 nitrogen and oxygen atoms in total. The lowest BCUT2D eigenvalue weighted by Crippen LogP contribution is -2.52. The Kier molecular flexibility index (Phi) is 8.56. The smallest absolute Gasteiger partial charge is 0.308 e. The number of aryl methyl sites for hydroxylation is 1. The molecule has 1 unspecified atom stereocenters. The van der Waals surface area contributed by atoms with Crippen LogP contribution < -0.4 is 5.32 Å². The molecule has 2 heterocycles. The normalized spacial score (nSPS) is 25.2. The van der Waals surface area contributed by atoms with Crippen LogP contribution in [-0.2, 0) is 12.7 Å². The molecule has 1 aromatic heterocycles. The quantitative estimate of drug-likeness (QED) is 0.460. The summed E-state index contributed by atoms with van der Waals surface area (Å²) in [6.07, 6.45) is 2.32. The number of likely N-dealkylation sites (tertiary alicyclic amines) is 1. The number of hydrogen-bond donors (Lipinski definition) is 1. The molecule has 0 saturated carbocycles. The summed E-state index contributed by atoms with van der Waals surface area (Å²) in [6, 6.07) is 2.89. The van der Waals surface area contributed by atoms with Crippen LogP contribution in [0.3, 0.4) is 0 Å². The van der Waals surface area contributed by atoms with Crippen molar-refractivity contribution in [1.29, 1.82) is 0 Å². The van der Waals surface area contributed by atoms with E-state index in [-0.39, 0.29) is 11.5 Å². The summed E-state index contributed by atoms with van der Waals surface area (Å²) < 4.78 is 38.7. The molecule has 33 heavy (non-hydrogen) atoms. The Hall–Kier alpha value is -1.11. The molecule has 3 rings (SSSR count). The van der Waals surface area contributed by atoms with Gasteiger partial charge >= 0.3 is 6.18 Å². The SMILES string of the molecule is Cc1nc(C(F)(F)F)ccc1CN[C@@H](CN1CC[C@H](C2CC=C(Cl)CC2)C(C)(C)C1)C(C)C. The van der Waals surface area contributed by atoms with Gasteiger partial charge in [0.25, 0.3) is 0 Å². The van der Waals surface area contributed by atoms with Gasteiger partial charge in [-0.05, 0) is 74.0 Å². The molecule has 0 spiro atoms. The van der Waals surface area contributed by atoms with E-state index in [9.17, 15) is 13.2 Å². The number of nitrogens with zero attached hydrogens (tertiary/aromatic N) is 2. The second-order valence-electron chi connectivity index (χ2n) is 11.0. The summed E-state index contributed by atoms with van der Waals surface area (Å²) in [4.78, 5) is 6.34. The van der Waals surface area contributed by atoms with E-state index in [2.05, 4.69) is 49.0 Å². The van der Waals surface area contributed by atoms with E-state index in [0.29, 0.717) is 24.1 Å². The van der Waals surface area contributed by atoms with E-state index < -0.39 is 11.9 Å². The number of alkyl halides is 3. The molecule has 0 bridgehead atoms. The van der Waals surface area contributed by atoms with E-state index in [0.717, 1.165) is 55.1 Å². The van der Waals surface area contributed by atoms with Crippen LogP contribution >= 0.6 is 11.6 Å². The van der Waals surface area contributed by atoms with Gasteiger partial charge in [-0.15, -0.1) is 0 Å². The van der Waals surface area contributed by atoms with Crippen molar-refractivity contribution in [2.75, 3.05) is 19.6 Å². The van der Waals surface area contributed by atoms with E-state index >= 15 is 0 Å². The van der Waals surface area contributed by atoms with Crippen molar-refractivity contribution in [3.63, 3.8) is 0 Å². The zero-order valence-electron chi connectivity index (χ0n) is 20.6. The highest BCUT2D eigenvalue weighted by atomic mass is 35.5. The summed E-state index contributed by atoms with van der Waals surface area (Å²) in [7, 11) is 0. The van der Waals surface area contributed by atoms with Gasteiger partial charge in [0.05, 0.1) is 0 Å². The van der Waals surface area contributed by atoms with Crippen molar-refractivity contribution in [3.8, 4) is 0 Å². The van der Waals surface area contributed by atoms with Gasteiger partial charge < -0.3 is 10.2 Å². The number of aromatic nitrogens is 1. The van der Waals surface area contributed by atoms with Crippen molar-refractivity contribution in [2.24, 2.45) is 23.2 Å². The molecule has 1 aliphatic heterocycles. The Bertz CT molecular complexity index is 835. The van der Waals surface area contributed by atoms with Gasteiger partial charge in [-0.2, -0.15) is 13.2 Å². The maximum absolute atomic E-state index is 12.9. The largest absolute Gasteiger partial charge is 0.433 e. The Labute approximate surface area is 202 Å². The van der Waals surface area contributed by atoms with Crippen LogP contribution in [0.2, 0.25) is 0 Å². The number of rotatable bonds is 7. The highest BCUT2D eigenvalue weighted by Gasteiger charge is 2.40. The minimum atomic E-state index is -4.41. The van der Waals surface area contributed by atoms with Crippen LogP contribution in [0, 0.1) is 30.1 Å². The molecule has 1 fully saturated rings. The highest BCUT2D eigenvalue weighted by Crippen LogP contribution is 2.45. The average molecular weight is 486 g/mol. The maximum Gasteiger partial charge on any atom is 0.433 e. The number of pyridine rings is 1. The molecular weight excluding hydrogens is 447 g/mol. The van der Waals surface area contributed by atoms with E-state index in [4.69, 9.17) is 11.6 Å². The van der Waals surface area contributed by atoms with Crippen molar-refractivity contribution >= 4 is 11.6 Å². The summed E-state index contributed by atoms with van der Waals surface area (Å²) in [5.41, 5.74) is 0.667. The number of allylic oxidation sites excluding steroid dienone is 2. The van der Waals surface area contributed by atoms with Crippen LogP contribution in [0.25, 0.3) is 0 Å². The van der Waals surface area contributed by atoms with Crippen LogP contribution in [0.1, 0.15) is 70.3 Å². The first-order chi connectivity index (χ1) is 15.4. The molecule has 1 N–H and O–H groups in total. The van der Waals surface area contributed by atoms with Gasteiger partial charge in [0, 0.05) is 36.4 Å². The fourth-order valence-electron chi connectivity index (χ4n) is 5.67. The van der Waals surface area contributed by atoms with Gasteiger partial charge in [-0.25, -0.2) is 4.98 Å². The summed E-state index contributed by atoms with van der Waals surface area (Å²) in [5.74, 6) is 1.85. The van der Waals surface area contributed by atoms with E-state index in [1.165, 1.54) is 12.8 Å². The fourth-order valence-corrected chi connectivity index (χ4v) is 5.87. The Morgan fingerprint density at radius 2 is 1.97 bits per heavy atom. The molecule has 186 valence electrons. The molecular formula is C26H39ClF3N3. The van der Waals surface area contributed by atoms with Crippen molar-refractivity contribution in [1.82, 2.24) is 15.2 Å². The third-order valence-corrected chi connectivity index (χ3v) is 8.00. The second-order valence-corrected chi connectivity index (χ2v) is 11.5. The van der Waals surface area contributed by atoms with Crippen LogP contribution in [0.5, 0.6) is 0 Å². The first kappa shape index (κ1) is 26.5. The number of nitrogens with one attached hydrogen (secondary N) is 1. The summed E-state index contributed by atoms with van der Waals surface area (Å²) >= 11 is 6.21. The Balaban J connectivity index is 1.58. The van der Waals surface area contributed by atoms with Gasteiger partial charge in [-0.1, -0.05) is 51.4 Å². The van der Waals surface area contributed by atoms with E-state index in [1.807, 2.05) is 0 Å². The molecule has 0 radical (unpaired) electrons. The third-order valence-electron chi connectivity index (χ3n) is 7.66. The van der Waals surface area contributed by atoms with Gasteiger partial charge in [0.1, 0.15) is 5.69 Å². The second kappa shape index (κ2) is 10.7. The third kappa shape index (κ3) is 6.95. The number of piperidine rings is 1. The van der Waals surface area contributed by atoms with Crippen molar-refractivity contribution < 1.29 is 13.2 Å². The predicted octanol–water partition coefficient (Wildman–Crippen LogP) is 6.79. The Morgan fingerprint density at radius 3 is 2.52 bits per heavy atom.